The first-order valence-corrected chi connectivity index (χ1v) is 13.5. The Labute approximate surface area is 230 Å². The topological polar surface area (TPSA) is 40.5 Å². The highest BCUT2D eigenvalue weighted by molar-refractivity contribution is 6.08. The Hall–Kier alpha value is -4.31. The zero-order valence-corrected chi connectivity index (χ0v) is 23.1. The third kappa shape index (κ3) is 5.75. The molecule has 39 heavy (non-hydrogen) atoms. The molecule has 4 nitrogen and oxygen atoms in total. The van der Waals surface area contributed by atoms with Crippen molar-refractivity contribution in [1.82, 2.24) is 4.57 Å². The minimum atomic E-state index is -0.319. The number of esters is 1. The Kier molecular flexibility index (Phi) is 7.56. The van der Waals surface area contributed by atoms with E-state index in [1.165, 1.54) is 5.56 Å². The van der Waals surface area contributed by atoms with E-state index in [2.05, 4.69) is 79.9 Å². The molecule has 0 aliphatic carbocycles. The number of hydrogen-bond donors (Lipinski definition) is 0. The number of para-hydroxylation sites is 1. The van der Waals surface area contributed by atoms with Gasteiger partial charge in [-0.1, -0.05) is 106 Å². The molecule has 0 N–H and O–H groups in total. The van der Waals surface area contributed by atoms with Crippen LogP contribution in [0, 0.1) is 0 Å². The molecule has 0 aliphatic heterocycles. The molecule has 5 aromatic rings. The molecular formula is C35H35NO3. The van der Waals surface area contributed by atoms with Crippen LogP contribution in [-0.2, 0) is 23.3 Å². The average molecular weight is 518 g/mol. The predicted octanol–water partition coefficient (Wildman–Crippen LogP) is 8.41. The number of fused-ring (bicyclic) bond motifs is 1. The van der Waals surface area contributed by atoms with Crippen LogP contribution in [0.25, 0.3) is 22.0 Å². The quantitative estimate of drug-likeness (QED) is 0.194. The highest BCUT2D eigenvalue weighted by atomic mass is 16.5. The summed E-state index contributed by atoms with van der Waals surface area (Å²) in [5, 5.41) is 1.03. The Morgan fingerprint density at radius 2 is 1.49 bits per heavy atom. The molecule has 0 bridgehead atoms. The lowest BCUT2D eigenvalue weighted by Crippen LogP contribution is -2.14. The van der Waals surface area contributed by atoms with Gasteiger partial charge < -0.3 is 14.0 Å². The van der Waals surface area contributed by atoms with Crippen molar-refractivity contribution in [2.45, 2.75) is 46.3 Å². The summed E-state index contributed by atoms with van der Waals surface area (Å²) < 4.78 is 13.8. The molecule has 4 aromatic carbocycles. The summed E-state index contributed by atoms with van der Waals surface area (Å²) in [6.45, 7) is 9.78. The number of nitrogens with zero attached hydrogens (tertiary/aromatic N) is 1. The molecule has 0 unspecified atom stereocenters. The first-order valence-electron chi connectivity index (χ1n) is 13.5. The van der Waals surface area contributed by atoms with E-state index in [1.54, 1.807) is 0 Å². The number of carbonyl (C=O) groups is 1. The smallest absolute Gasteiger partial charge is 0.355 e. The summed E-state index contributed by atoms with van der Waals surface area (Å²) in [4.78, 5) is 13.5. The van der Waals surface area contributed by atoms with Gasteiger partial charge in [0.25, 0.3) is 0 Å². The van der Waals surface area contributed by atoms with Gasteiger partial charge in [-0.2, -0.15) is 0 Å². The minimum absolute atomic E-state index is 0.0457. The number of ether oxygens (including phenoxy) is 2. The molecule has 0 aliphatic rings. The predicted molar refractivity (Wildman–Crippen MR) is 158 cm³/mol. The largest absolute Gasteiger partial charge is 0.489 e. The summed E-state index contributed by atoms with van der Waals surface area (Å²) in [5.74, 6) is 0.476. The van der Waals surface area contributed by atoms with Crippen molar-refractivity contribution in [3.63, 3.8) is 0 Å². The van der Waals surface area contributed by atoms with Gasteiger partial charge in [0.2, 0.25) is 0 Å². The second kappa shape index (κ2) is 11.2. The van der Waals surface area contributed by atoms with Crippen LogP contribution < -0.4 is 4.74 Å². The lowest BCUT2D eigenvalue weighted by molar-refractivity contribution is 0.0516. The minimum Gasteiger partial charge on any atom is -0.489 e. The van der Waals surface area contributed by atoms with Gasteiger partial charge in [-0.25, -0.2) is 4.79 Å². The van der Waals surface area contributed by atoms with Crippen LogP contribution in [0.2, 0.25) is 0 Å². The third-order valence-electron chi connectivity index (χ3n) is 6.97. The van der Waals surface area contributed by atoms with Crippen molar-refractivity contribution in [1.29, 1.82) is 0 Å². The zero-order chi connectivity index (χ0) is 27.4. The van der Waals surface area contributed by atoms with Crippen molar-refractivity contribution in [3.8, 4) is 16.9 Å². The third-order valence-corrected chi connectivity index (χ3v) is 6.97. The van der Waals surface area contributed by atoms with Crippen LogP contribution >= 0.6 is 0 Å². The molecule has 0 saturated heterocycles. The first-order chi connectivity index (χ1) is 18.8. The van der Waals surface area contributed by atoms with Crippen molar-refractivity contribution in [2.75, 3.05) is 6.61 Å². The summed E-state index contributed by atoms with van der Waals surface area (Å²) in [6, 6.07) is 34.9. The summed E-state index contributed by atoms with van der Waals surface area (Å²) >= 11 is 0. The van der Waals surface area contributed by atoms with Gasteiger partial charge in [0, 0.05) is 23.0 Å². The van der Waals surface area contributed by atoms with Gasteiger partial charge in [-0.15, -0.1) is 0 Å². The lowest BCUT2D eigenvalue weighted by Gasteiger charge is -2.19. The molecule has 4 heteroatoms. The summed E-state index contributed by atoms with van der Waals surface area (Å²) in [7, 11) is 0. The molecule has 0 amide bonds. The van der Waals surface area contributed by atoms with E-state index < -0.39 is 0 Å². The van der Waals surface area contributed by atoms with E-state index in [4.69, 9.17) is 9.47 Å². The van der Waals surface area contributed by atoms with Crippen molar-refractivity contribution in [3.05, 3.63) is 126 Å². The highest BCUT2D eigenvalue weighted by Gasteiger charge is 2.25. The van der Waals surface area contributed by atoms with Gasteiger partial charge in [0.1, 0.15) is 18.1 Å². The fourth-order valence-corrected chi connectivity index (χ4v) is 4.97. The summed E-state index contributed by atoms with van der Waals surface area (Å²) in [6.07, 6.45) is 0. The average Bonchev–Trinajstić information content (AvgIpc) is 3.26. The molecule has 0 fully saturated rings. The van der Waals surface area contributed by atoms with Crippen LogP contribution in [0.15, 0.2) is 103 Å². The Balaban J connectivity index is 1.57. The SMILES string of the molecule is CCOC(=O)c1c(-c2ccc(C(C)(C)C)cc2)c2ccccc2n1Cc1cccc(OCc2ccccc2)c1. The molecule has 1 aromatic heterocycles. The Morgan fingerprint density at radius 1 is 0.795 bits per heavy atom. The number of aromatic nitrogens is 1. The second-order valence-corrected chi connectivity index (χ2v) is 10.8. The van der Waals surface area contributed by atoms with Crippen LogP contribution in [0.4, 0.5) is 0 Å². The standard InChI is InChI=1S/C35H35NO3/c1-5-38-34(37)33-32(27-18-20-28(21-19-27)35(2,3)4)30-16-9-10-17-31(30)36(33)23-26-14-11-15-29(22-26)39-24-25-12-7-6-8-13-25/h6-22H,5,23-24H2,1-4H3. The highest BCUT2D eigenvalue weighted by Crippen LogP contribution is 2.37. The molecule has 198 valence electrons. The molecular weight excluding hydrogens is 482 g/mol. The number of hydrogen-bond acceptors (Lipinski definition) is 3. The van der Waals surface area contributed by atoms with Crippen LogP contribution in [0.5, 0.6) is 5.75 Å². The number of carbonyl (C=O) groups excluding carboxylic acids is 1. The van der Waals surface area contributed by atoms with Crippen molar-refractivity contribution < 1.29 is 14.3 Å². The Morgan fingerprint density at radius 3 is 2.21 bits per heavy atom. The lowest BCUT2D eigenvalue weighted by atomic mass is 9.86. The fourth-order valence-electron chi connectivity index (χ4n) is 4.97. The van der Waals surface area contributed by atoms with Gasteiger partial charge >= 0.3 is 5.97 Å². The van der Waals surface area contributed by atoms with E-state index in [-0.39, 0.29) is 11.4 Å². The van der Waals surface area contributed by atoms with E-state index in [0.717, 1.165) is 38.9 Å². The van der Waals surface area contributed by atoms with Crippen LogP contribution in [-0.4, -0.2) is 17.1 Å². The maximum absolute atomic E-state index is 13.5. The second-order valence-electron chi connectivity index (χ2n) is 10.8. The molecule has 0 saturated carbocycles. The molecule has 0 radical (unpaired) electrons. The van der Waals surface area contributed by atoms with Crippen molar-refractivity contribution >= 4 is 16.9 Å². The molecule has 0 spiro atoms. The molecule has 5 rings (SSSR count). The summed E-state index contributed by atoms with van der Waals surface area (Å²) in [5.41, 5.74) is 6.92. The zero-order valence-electron chi connectivity index (χ0n) is 23.1. The van der Waals surface area contributed by atoms with Crippen molar-refractivity contribution in [2.24, 2.45) is 0 Å². The van der Waals surface area contributed by atoms with Gasteiger partial charge in [0.15, 0.2) is 0 Å². The fraction of sp³-hybridized carbons (Fsp3) is 0.229. The maximum Gasteiger partial charge on any atom is 0.355 e. The van der Waals surface area contributed by atoms with Gasteiger partial charge in [0.05, 0.1) is 6.61 Å². The van der Waals surface area contributed by atoms with E-state index in [0.29, 0.717) is 25.5 Å². The Bertz CT molecular complexity index is 1570. The van der Waals surface area contributed by atoms with E-state index in [1.807, 2.05) is 55.5 Å². The van der Waals surface area contributed by atoms with Crippen LogP contribution in [0.3, 0.4) is 0 Å². The van der Waals surface area contributed by atoms with E-state index in [9.17, 15) is 4.79 Å². The molecule has 0 atom stereocenters. The number of rotatable bonds is 8. The number of benzene rings is 4. The van der Waals surface area contributed by atoms with Gasteiger partial charge in [-0.3, -0.25) is 0 Å². The maximum atomic E-state index is 13.5. The normalized spacial score (nSPS) is 11.5. The monoisotopic (exact) mass is 517 g/mol. The van der Waals surface area contributed by atoms with Crippen LogP contribution in [0.1, 0.15) is 54.9 Å². The first kappa shape index (κ1) is 26.3. The van der Waals surface area contributed by atoms with Gasteiger partial charge in [-0.05, 0) is 52.8 Å². The molecule has 1 heterocycles. The van der Waals surface area contributed by atoms with E-state index >= 15 is 0 Å².